The number of imide groups is 1. The van der Waals surface area contributed by atoms with Gasteiger partial charge in [0.1, 0.15) is 0 Å². The lowest BCUT2D eigenvalue weighted by Crippen LogP contribution is -2.41. The number of ether oxygens (including phenoxy) is 1. The quantitative estimate of drug-likeness (QED) is 0.712. The van der Waals surface area contributed by atoms with E-state index in [9.17, 15) is 14.4 Å². The summed E-state index contributed by atoms with van der Waals surface area (Å²) in [4.78, 5) is 34.3. The van der Waals surface area contributed by atoms with E-state index in [4.69, 9.17) is 4.74 Å². The number of carbonyl (C=O) groups excluding carboxylic acids is 3. The van der Waals surface area contributed by atoms with E-state index >= 15 is 0 Å². The minimum absolute atomic E-state index is 0.0939. The van der Waals surface area contributed by atoms with E-state index < -0.39 is 24.5 Å². The summed E-state index contributed by atoms with van der Waals surface area (Å²) in [5.74, 6) is -1.45. The number of aromatic amines is 1. The van der Waals surface area contributed by atoms with Gasteiger partial charge in [0.15, 0.2) is 12.3 Å². The number of nitrogens with zero attached hydrogens (tertiary/aromatic N) is 1. The van der Waals surface area contributed by atoms with Crippen molar-refractivity contribution in [3.63, 3.8) is 0 Å². The first-order valence-corrected chi connectivity index (χ1v) is 6.29. The first-order valence-electron chi connectivity index (χ1n) is 6.29. The van der Waals surface area contributed by atoms with Crippen LogP contribution in [0.4, 0.5) is 4.79 Å². The number of carbonyl (C=O) groups is 3. The van der Waals surface area contributed by atoms with Crippen LogP contribution in [0.25, 0.3) is 10.9 Å². The second-order valence-corrected chi connectivity index (χ2v) is 4.10. The average molecular weight is 290 g/mol. The molecular formula is C13H14N4O4. The normalized spacial score (nSPS) is 10.1. The highest BCUT2D eigenvalue weighted by molar-refractivity contribution is 6.03. The third-order valence-electron chi connectivity index (χ3n) is 2.59. The summed E-state index contributed by atoms with van der Waals surface area (Å²) in [6, 6.07) is 6.40. The summed E-state index contributed by atoms with van der Waals surface area (Å²) in [7, 11) is 0. The fraction of sp³-hybridized carbons (Fsp3) is 0.231. The SMILES string of the molecule is CCNC(=O)NC(=O)COC(=O)c1n[nH]c2ccccc12. The van der Waals surface area contributed by atoms with Crippen LogP contribution in [0, 0.1) is 0 Å². The maximum Gasteiger partial charge on any atom is 0.359 e. The van der Waals surface area contributed by atoms with Crippen LogP contribution in [0.5, 0.6) is 0 Å². The average Bonchev–Trinajstić information content (AvgIpc) is 2.89. The summed E-state index contributed by atoms with van der Waals surface area (Å²) in [6.45, 7) is 1.54. The third-order valence-corrected chi connectivity index (χ3v) is 2.59. The molecule has 0 saturated heterocycles. The standard InChI is InChI=1S/C13H14N4O4/c1-2-14-13(20)15-10(18)7-21-12(19)11-8-5-3-4-6-9(8)16-17-11/h3-6H,2,7H2,1H3,(H,16,17)(H2,14,15,18,20). The summed E-state index contributed by atoms with van der Waals surface area (Å²) >= 11 is 0. The summed E-state index contributed by atoms with van der Waals surface area (Å²) in [5, 5.41) is 11.6. The number of hydrogen-bond acceptors (Lipinski definition) is 5. The van der Waals surface area contributed by atoms with Gasteiger partial charge < -0.3 is 10.1 Å². The first kappa shape index (κ1) is 14.5. The minimum Gasteiger partial charge on any atom is -0.451 e. The molecule has 0 aliphatic heterocycles. The number of fused-ring (bicyclic) bond motifs is 1. The van der Waals surface area contributed by atoms with Crippen LogP contribution in [0.3, 0.4) is 0 Å². The number of nitrogens with one attached hydrogen (secondary N) is 3. The monoisotopic (exact) mass is 290 g/mol. The van der Waals surface area contributed by atoms with Gasteiger partial charge >= 0.3 is 12.0 Å². The van der Waals surface area contributed by atoms with E-state index in [0.717, 1.165) is 0 Å². The van der Waals surface area contributed by atoms with Crippen LogP contribution in [-0.4, -0.2) is 41.3 Å². The number of esters is 1. The van der Waals surface area contributed by atoms with Crippen LogP contribution in [-0.2, 0) is 9.53 Å². The van der Waals surface area contributed by atoms with E-state index in [1.165, 1.54) is 0 Å². The van der Waals surface area contributed by atoms with Crippen molar-refractivity contribution in [2.45, 2.75) is 6.92 Å². The van der Waals surface area contributed by atoms with Crippen molar-refractivity contribution in [3.05, 3.63) is 30.0 Å². The van der Waals surface area contributed by atoms with Crippen LogP contribution < -0.4 is 10.6 Å². The van der Waals surface area contributed by atoms with Crippen molar-refractivity contribution in [2.24, 2.45) is 0 Å². The molecule has 0 atom stereocenters. The van der Waals surface area contributed by atoms with Gasteiger partial charge in [0.2, 0.25) is 0 Å². The van der Waals surface area contributed by atoms with Gasteiger partial charge in [0, 0.05) is 11.9 Å². The van der Waals surface area contributed by atoms with Crippen molar-refractivity contribution in [2.75, 3.05) is 13.2 Å². The number of rotatable bonds is 4. The van der Waals surface area contributed by atoms with Gasteiger partial charge in [-0.05, 0) is 13.0 Å². The van der Waals surface area contributed by atoms with Crippen molar-refractivity contribution < 1.29 is 19.1 Å². The van der Waals surface area contributed by atoms with Gasteiger partial charge in [0.05, 0.1) is 5.52 Å². The third kappa shape index (κ3) is 3.56. The molecule has 3 N–H and O–H groups in total. The Labute approximate surface area is 119 Å². The van der Waals surface area contributed by atoms with Gasteiger partial charge in [-0.25, -0.2) is 9.59 Å². The Hall–Kier alpha value is -2.90. The zero-order chi connectivity index (χ0) is 15.2. The fourth-order valence-corrected chi connectivity index (χ4v) is 1.69. The molecule has 0 radical (unpaired) electrons. The van der Waals surface area contributed by atoms with Crippen LogP contribution >= 0.6 is 0 Å². The number of H-pyrrole nitrogens is 1. The molecule has 2 rings (SSSR count). The molecule has 1 aromatic carbocycles. The topological polar surface area (TPSA) is 113 Å². The molecule has 0 aliphatic carbocycles. The largest absolute Gasteiger partial charge is 0.451 e. The Bertz CT molecular complexity index is 680. The number of para-hydroxylation sites is 1. The highest BCUT2D eigenvalue weighted by Crippen LogP contribution is 2.15. The van der Waals surface area contributed by atoms with Crippen LogP contribution in [0.15, 0.2) is 24.3 Å². The summed E-state index contributed by atoms with van der Waals surface area (Å²) in [6.07, 6.45) is 0. The second-order valence-electron chi connectivity index (χ2n) is 4.10. The van der Waals surface area contributed by atoms with E-state index in [1.54, 1.807) is 31.2 Å². The highest BCUT2D eigenvalue weighted by atomic mass is 16.5. The van der Waals surface area contributed by atoms with Crippen molar-refractivity contribution >= 4 is 28.8 Å². The zero-order valence-electron chi connectivity index (χ0n) is 11.3. The maximum atomic E-state index is 11.9. The maximum absolute atomic E-state index is 11.9. The number of aromatic nitrogens is 2. The molecule has 0 unspecified atom stereocenters. The van der Waals surface area contributed by atoms with Gasteiger partial charge in [0.25, 0.3) is 5.91 Å². The smallest absolute Gasteiger partial charge is 0.359 e. The van der Waals surface area contributed by atoms with Gasteiger partial charge in [-0.15, -0.1) is 0 Å². The zero-order valence-corrected chi connectivity index (χ0v) is 11.3. The van der Waals surface area contributed by atoms with E-state index in [1.807, 2.05) is 5.32 Å². The number of hydrogen-bond donors (Lipinski definition) is 3. The van der Waals surface area contributed by atoms with E-state index in [2.05, 4.69) is 15.5 Å². The molecule has 0 bridgehead atoms. The molecule has 0 fully saturated rings. The Morgan fingerprint density at radius 1 is 1.29 bits per heavy atom. The van der Waals surface area contributed by atoms with Crippen LogP contribution in [0.1, 0.15) is 17.4 Å². The fourth-order valence-electron chi connectivity index (χ4n) is 1.69. The molecule has 0 saturated carbocycles. The molecule has 21 heavy (non-hydrogen) atoms. The van der Waals surface area contributed by atoms with Gasteiger partial charge in [-0.1, -0.05) is 18.2 Å². The van der Waals surface area contributed by atoms with Gasteiger partial charge in [-0.2, -0.15) is 5.10 Å². The van der Waals surface area contributed by atoms with Gasteiger partial charge in [-0.3, -0.25) is 15.2 Å². The van der Waals surface area contributed by atoms with Crippen molar-refractivity contribution in [1.82, 2.24) is 20.8 Å². The lowest BCUT2D eigenvalue weighted by molar-refractivity contribution is -0.123. The minimum atomic E-state index is -0.738. The number of urea groups is 1. The molecule has 110 valence electrons. The molecule has 0 aliphatic rings. The molecule has 8 nitrogen and oxygen atoms in total. The van der Waals surface area contributed by atoms with Crippen molar-refractivity contribution in [1.29, 1.82) is 0 Å². The Kier molecular flexibility index (Phi) is 4.50. The first-order chi connectivity index (χ1) is 10.1. The summed E-state index contributed by atoms with van der Waals surface area (Å²) < 4.78 is 4.82. The van der Waals surface area contributed by atoms with E-state index in [0.29, 0.717) is 17.4 Å². The molecule has 1 aromatic heterocycles. The summed E-state index contributed by atoms with van der Waals surface area (Å²) in [5.41, 5.74) is 0.785. The molecule has 3 amide bonds. The molecule has 2 aromatic rings. The number of amides is 3. The number of benzene rings is 1. The molecule has 1 heterocycles. The van der Waals surface area contributed by atoms with Crippen molar-refractivity contribution in [3.8, 4) is 0 Å². The molecule has 8 heteroatoms. The Morgan fingerprint density at radius 3 is 2.81 bits per heavy atom. The lowest BCUT2D eigenvalue weighted by atomic mass is 10.2. The molecular weight excluding hydrogens is 276 g/mol. The molecule has 0 spiro atoms. The predicted molar refractivity (Wildman–Crippen MR) is 73.6 cm³/mol. The Balaban J connectivity index is 1.93. The lowest BCUT2D eigenvalue weighted by Gasteiger charge is -2.05. The highest BCUT2D eigenvalue weighted by Gasteiger charge is 2.17. The predicted octanol–water partition coefficient (Wildman–Crippen LogP) is 0.565. The van der Waals surface area contributed by atoms with Crippen LogP contribution in [0.2, 0.25) is 0 Å². The second kappa shape index (κ2) is 6.51. The van der Waals surface area contributed by atoms with E-state index in [-0.39, 0.29) is 5.69 Å². The Morgan fingerprint density at radius 2 is 2.05 bits per heavy atom.